The lowest BCUT2D eigenvalue weighted by molar-refractivity contribution is 0.888. The minimum atomic E-state index is 0.848. The van der Waals surface area contributed by atoms with Crippen LogP contribution >= 0.6 is 11.8 Å². The van der Waals surface area contributed by atoms with E-state index in [0.29, 0.717) is 0 Å². The van der Waals surface area contributed by atoms with Gasteiger partial charge in [0, 0.05) is 12.1 Å². The Bertz CT molecular complexity index is 339. The minimum Gasteiger partial charge on any atom is -0.370 e. The number of thioether (sulfide) groups is 1. The third-order valence-electron chi connectivity index (χ3n) is 2.29. The summed E-state index contributed by atoms with van der Waals surface area (Å²) in [6, 6.07) is 0. The van der Waals surface area contributed by atoms with Crippen LogP contribution in [0.5, 0.6) is 0 Å². The highest BCUT2D eigenvalue weighted by Crippen LogP contribution is 2.25. The Morgan fingerprint density at radius 1 is 1.19 bits per heavy atom. The first kappa shape index (κ1) is 13.3. The first-order valence-corrected chi connectivity index (χ1v) is 6.89. The lowest BCUT2D eigenvalue weighted by atomic mass is 10.3. The van der Waals surface area contributed by atoms with Crippen molar-refractivity contribution in [2.24, 2.45) is 0 Å². The van der Waals surface area contributed by atoms with Gasteiger partial charge in [-0.2, -0.15) is 0 Å². The third-order valence-corrected chi connectivity index (χ3v) is 3.46. The smallest absolute Gasteiger partial charge is 0.133 e. The zero-order valence-corrected chi connectivity index (χ0v) is 11.4. The second-order valence-electron chi connectivity index (χ2n) is 3.78. The number of hydrogen-bond donors (Lipinski definition) is 1. The normalized spacial score (nSPS) is 10.5. The van der Waals surface area contributed by atoms with E-state index in [0.717, 1.165) is 29.0 Å². The Labute approximate surface area is 102 Å². The summed E-state index contributed by atoms with van der Waals surface area (Å²) in [4.78, 5) is 8.92. The standard InChI is InChI=1S/C12H21N3S/c1-5-7-8-16-12-9(3)11(13-6-2)14-10(4)15-12/h5-8H2,1-4H3,(H,13,14,15). The maximum atomic E-state index is 4.50. The summed E-state index contributed by atoms with van der Waals surface area (Å²) in [5.41, 5.74) is 1.17. The van der Waals surface area contributed by atoms with Crippen LogP contribution in [-0.4, -0.2) is 22.3 Å². The van der Waals surface area contributed by atoms with Crippen LogP contribution in [0.25, 0.3) is 0 Å². The largest absolute Gasteiger partial charge is 0.370 e. The number of anilines is 1. The van der Waals surface area contributed by atoms with Crippen molar-refractivity contribution in [2.75, 3.05) is 17.6 Å². The highest BCUT2D eigenvalue weighted by molar-refractivity contribution is 7.99. The molecule has 4 heteroatoms. The van der Waals surface area contributed by atoms with Crippen molar-refractivity contribution in [3.8, 4) is 0 Å². The van der Waals surface area contributed by atoms with Crippen molar-refractivity contribution in [3.05, 3.63) is 11.4 Å². The molecule has 90 valence electrons. The van der Waals surface area contributed by atoms with Gasteiger partial charge in [0.05, 0.1) is 0 Å². The quantitative estimate of drug-likeness (QED) is 0.469. The van der Waals surface area contributed by atoms with Crippen LogP contribution in [0.2, 0.25) is 0 Å². The van der Waals surface area contributed by atoms with Crippen LogP contribution in [-0.2, 0) is 0 Å². The van der Waals surface area contributed by atoms with Gasteiger partial charge in [-0.05, 0) is 32.9 Å². The highest BCUT2D eigenvalue weighted by atomic mass is 32.2. The Hall–Kier alpha value is -0.770. The lowest BCUT2D eigenvalue weighted by Crippen LogP contribution is -2.05. The molecular weight excluding hydrogens is 218 g/mol. The molecule has 0 aliphatic carbocycles. The Morgan fingerprint density at radius 3 is 2.56 bits per heavy atom. The van der Waals surface area contributed by atoms with E-state index in [1.165, 1.54) is 18.4 Å². The Kier molecular flexibility index (Phi) is 5.60. The van der Waals surface area contributed by atoms with Gasteiger partial charge in [0.1, 0.15) is 16.7 Å². The Balaban J connectivity index is 2.81. The molecule has 0 saturated heterocycles. The molecule has 0 aliphatic rings. The maximum Gasteiger partial charge on any atom is 0.133 e. The molecule has 0 fully saturated rings. The van der Waals surface area contributed by atoms with Gasteiger partial charge in [0.2, 0.25) is 0 Å². The number of aromatic nitrogens is 2. The monoisotopic (exact) mass is 239 g/mol. The minimum absolute atomic E-state index is 0.848. The summed E-state index contributed by atoms with van der Waals surface area (Å²) in [7, 11) is 0. The molecule has 1 rings (SSSR count). The van der Waals surface area contributed by atoms with E-state index in [1.807, 2.05) is 18.7 Å². The number of nitrogens with one attached hydrogen (secondary N) is 1. The second-order valence-corrected chi connectivity index (χ2v) is 4.87. The fourth-order valence-corrected chi connectivity index (χ4v) is 2.53. The molecule has 0 saturated carbocycles. The Morgan fingerprint density at radius 2 is 1.94 bits per heavy atom. The number of aryl methyl sites for hydroxylation is 1. The molecule has 1 heterocycles. The predicted molar refractivity (Wildman–Crippen MR) is 71.3 cm³/mol. The highest BCUT2D eigenvalue weighted by Gasteiger charge is 2.08. The van der Waals surface area contributed by atoms with Crippen LogP contribution in [0.1, 0.15) is 38.1 Å². The topological polar surface area (TPSA) is 37.8 Å². The van der Waals surface area contributed by atoms with E-state index in [4.69, 9.17) is 0 Å². The summed E-state index contributed by atoms with van der Waals surface area (Å²) < 4.78 is 0. The van der Waals surface area contributed by atoms with Crippen LogP contribution in [0.3, 0.4) is 0 Å². The molecule has 0 unspecified atom stereocenters. The van der Waals surface area contributed by atoms with Crippen molar-refractivity contribution < 1.29 is 0 Å². The van der Waals surface area contributed by atoms with E-state index in [1.54, 1.807) is 0 Å². The predicted octanol–water partition coefficient (Wildman–Crippen LogP) is 3.42. The van der Waals surface area contributed by atoms with Gasteiger partial charge in [-0.3, -0.25) is 0 Å². The molecule has 3 nitrogen and oxygen atoms in total. The summed E-state index contributed by atoms with van der Waals surface area (Å²) >= 11 is 1.83. The molecule has 16 heavy (non-hydrogen) atoms. The number of rotatable bonds is 6. The van der Waals surface area contributed by atoms with Gasteiger partial charge < -0.3 is 5.32 Å². The van der Waals surface area contributed by atoms with E-state index in [-0.39, 0.29) is 0 Å². The molecule has 0 aliphatic heterocycles. The average molecular weight is 239 g/mol. The molecule has 0 spiro atoms. The maximum absolute atomic E-state index is 4.50. The van der Waals surface area contributed by atoms with Crippen LogP contribution < -0.4 is 5.32 Å². The average Bonchev–Trinajstić information content (AvgIpc) is 2.25. The zero-order valence-electron chi connectivity index (χ0n) is 10.6. The first-order valence-electron chi connectivity index (χ1n) is 5.90. The van der Waals surface area contributed by atoms with Crippen LogP contribution in [0.15, 0.2) is 5.03 Å². The van der Waals surface area contributed by atoms with Gasteiger partial charge in [-0.1, -0.05) is 13.3 Å². The van der Waals surface area contributed by atoms with E-state index < -0.39 is 0 Å². The summed E-state index contributed by atoms with van der Waals surface area (Å²) in [6.45, 7) is 9.23. The van der Waals surface area contributed by atoms with Crippen molar-refractivity contribution >= 4 is 17.6 Å². The summed E-state index contributed by atoms with van der Waals surface area (Å²) in [5.74, 6) is 2.97. The fraction of sp³-hybridized carbons (Fsp3) is 0.667. The van der Waals surface area contributed by atoms with Gasteiger partial charge in [0.25, 0.3) is 0 Å². The van der Waals surface area contributed by atoms with Gasteiger partial charge in [-0.15, -0.1) is 11.8 Å². The van der Waals surface area contributed by atoms with Crippen molar-refractivity contribution in [1.82, 2.24) is 9.97 Å². The van der Waals surface area contributed by atoms with E-state index in [2.05, 4.69) is 36.1 Å². The van der Waals surface area contributed by atoms with Gasteiger partial charge >= 0.3 is 0 Å². The van der Waals surface area contributed by atoms with Crippen LogP contribution in [0.4, 0.5) is 5.82 Å². The number of unbranched alkanes of at least 4 members (excludes halogenated alkanes) is 1. The third kappa shape index (κ3) is 3.67. The molecular formula is C12H21N3S. The molecule has 0 aromatic carbocycles. The van der Waals surface area contributed by atoms with Crippen molar-refractivity contribution in [1.29, 1.82) is 0 Å². The molecule has 1 N–H and O–H groups in total. The van der Waals surface area contributed by atoms with Gasteiger partial charge in [0.15, 0.2) is 0 Å². The number of nitrogens with zero attached hydrogens (tertiary/aromatic N) is 2. The lowest BCUT2D eigenvalue weighted by Gasteiger charge is -2.11. The molecule has 1 aromatic heterocycles. The van der Waals surface area contributed by atoms with E-state index in [9.17, 15) is 0 Å². The SMILES string of the molecule is CCCCSc1nc(C)nc(NCC)c1C. The van der Waals surface area contributed by atoms with Crippen LogP contribution in [0, 0.1) is 13.8 Å². The first-order chi connectivity index (χ1) is 7.69. The molecule has 0 radical (unpaired) electrons. The molecule has 0 bridgehead atoms. The molecule has 1 aromatic rings. The second kappa shape index (κ2) is 6.74. The van der Waals surface area contributed by atoms with Gasteiger partial charge in [-0.25, -0.2) is 9.97 Å². The van der Waals surface area contributed by atoms with Crippen molar-refractivity contribution in [3.63, 3.8) is 0 Å². The summed E-state index contributed by atoms with van der Waals surface area (Å²) in [6.07, 6.45) is 2.47. The van der Waals surface area contributed by atoms with Crippen molar-refractivity contribution in [2.45, 2.75) is 45.6 Å². The number of hydrogen-bond acceptors (Lipinski definition) is 4. The van der Waals surface area contributed by atoms with E-state index >= 15 is 0 Å². The molecule has 0 atom stereocenters. The summed E-state index contributed by atoms with van der Waals surface area (Å²) in [5, 5.41) is 4.41. The zero-order chi connectivity index (χ0) is 12.0. The fourth-order valence-electron chi connectivity index (χ4n) is 1.40. The molecule has 0 amide bonds.